The van der Waals surface area contributed by atoms with Crippen molar-refractivity contribution in [1.29, 1.82) is 0 Å². The summed E-state index contributed by atoms with van der Waals surface area (Å²) < 4.78 is 59.5. The molecule has 0 spiro atoms. The van der Waals surface area contributed by atoms with Gasteiger partial charge in [0.25, 0.3) is 0 Å². The second-order valence-corrected chi connectivity index (χ2v) is 8.05. The summed E-state index contributed by atoms with van der Waals surface area (Å²) in [5, 5.41) is 0.809. The molecule has 1 heterocycles. The van der Waals surface area contributed by atoms with Crippen molar-refractivity contribution in [3.8, 4) is 0 Å². The number of hydrogen-bond acceptors (Lipinski definition) is 4. The number of nitrogens with two attached hydrogens (primary N) is 1. The molecule has 0 unspecified atom stereocenters. The molecule has 3 rings (SSSR count). The maximum atomic E-state index is 10.7. The highest BCUT2D eigenvalue weighted by molar-refractivity contribution is 7.86. The molecule has 0 radical (unpaired) electrons. The second kappa shape index (κ2) is 10.3. The van der Waals surface area contributed by atoms with Gasteiger partial charge in [-0.25, -0.2) is 4.99 Å². The third-order valence-electron chi connectivity index (χ3n) is 4.10. The number of aromatic nitrogens is 1. The predicted octanol–water partition coefficient (Wildman–Crippen LogP) is 4.02. The molecule has 0 aliphatic carbocycles. The van der Waals surface area contributed by atoms with E-state index in [0.717, 1.165) is 23.9 Å². The third-order valence-corrected chi connectivity index (χ3v) is 4.69. The van der Waals surface area contributed by atoms with Gasteiger partial charge in [-0.1, -0.05) is 42.5 Å². The Morgan fingerprint density at radius 3 is 2.16 bits per heavy atom. The van der Waals surface area contributed by atoms with Crippen molar-refractivity contribution >= 4 is 21.5 Å². The largest absolute Gasteiger partial charge is 0.522 e. The minimum Gasteiger partial charge on any atom is -0.396 e. The van der Waals surface area contributed by atoms with Crippen molar-refractivity contribution in [1.82, 2.24) is 4.57 Å². The van der Waals surface area contributed by atoms with E-state index in [1.807, 2.05) is 42.2 Å². The Balaban J connectivity index is 0.000000366. The van der Waals surface area contributed by atoms with E-state index in [9.17, 15) is 13.2 Å². The lowest BCUT2D eigenvalue weighted by atomic mass is 10.0. The highest BCUT2D eigenvalue weighted by atomic mass is 32.2. The summed E-state index contributed by atoms with van der Waals surface area (Å²) in [7, 11) is -3.89. The van der Waals surface area contributed by atoms with Crippen LogP contribution in [0.1, 0.15) is 11.1 Å². The first kappa shape index (κ1) is 24.2. The Bertz CT molecular complexity index is 1180. The van der Waals surface area contributed by atoms with Crippen molar-refractivity contribution in [2.45, 2.75) is 18.3 Å². The van der Waals surface area contributed by atoms with Crippen LogP contribution in [0.2, 0.25) is 0 Å². The van der Waals surface area contributed by atoms with Gasteiger partial charge in [-0.2, -0.15) is 21.6 Å². The minimum atomic E-state index is -5.84. The number of nitrogen functional groups attached to an aromatic ring is 1. The first-order valence-electron chi connectivity index (χ1n) is 9.09. The van der Waals surface area contributed by atoms with Crippen LogP contribution in [0.3, 0.4) is 0 Å². The summed E-state index contributed by atoms with van der Waals surface area (Å²) in [6, 6.07) is 20.8. The molecule has 0 amide bonds. The lowest BCUT2D eigenvalue weighted by molar-refractivity contribution is -0.0510. The van der Waals surface area contributed by atoms with E-state index in [1.165, 1.54) is 11.1 Å². The Labute approximate surface area is 178 Å². The van der Waals surface area contributed by atoms with Gasteiger partial charge in [0.2, 0.25) is 0 Å². The predicted molar refractivity (Wildman–Crippen MR) is 113 cm³/mol. The summed E-state index contributed by atoms with van der Waals surface area (Å²) >= 11 is 0. The number of rotatable bonds is 4. The van der Waals surface area contributed by atoms with Gasteiger partial charge in [-0.15, -0.1) is 0 Å². The van der Waals surface area contributed by atoms with E-state index in [4.69, 9.17) is 18.7 Å². The average Bonchev–Trinajstić information content (AvgIpc) is 2.69. The number of pyridine rings is 1. The van der Waals surface area contributed by atoms with Gasteiger partial charge in [-0.3, -0.25) is 4.55 Å². The highest BCUT2D eigenvalue weighted by Crippen LogP contribution is 2.20. The smallest absolute Gasteiger partial charge is 0.396 e. The van der Waals surface area contributed by atoms with Gasteiger partial charge in [0, 0.05) is 19.4 Å². The Hall–Kier alpha value is -3.11. The van der Waals surface area contributed by atoms with E-state index in [2.05, 4.69) is 47.5 Å². The molecule has 6 nitrogen and oxygen atoms in total. The van der Waals surface area contributed by atoms with E-state index in [0.29, 0.717) is 5.69 Å². The van der Waals surface area contributed by atoms with E-state index >= 15 is 0 Å². The van der Waals surface area contributed by atoms with Crippen LogP contribution in [0, 0.1) is 0 Å². The Kier molecular flexibility index (Phi) is 8.01. The van der Waals surface area contributed by atoms with Crippen LogP contribution in [0.5, 0.6) is 0 Å². The molecule has 10 heteroatoms. The number of anilines is 1. The highest BCUT2D eigenvalue weighted by Gasteiger charge is 2.44. The van der Waals surface area contributed by atoms with Crippen molar-refractivity contribution in [2.24, 2.45) is 12.0 Å². The fourth-order valence-electron chi connectivity index (χ4n) is 2.57. The Morgan fingerprint density at radius 2 is 1.58 bits per heavy atom. The van der Waals surface area contributed by atoms with Crippen LogP contribution in [0.4, 0.5) is 24.5 Å². The van der Waals surface area contributed by atoms with Gasteiger partial charge < -0.3 is 10.3 Å². The Morgan fingerprint density at radius 1 is 1.00 bits per heavy atom. The summed E-state index contributed by atoms with van der Waals surface area (Å²) in [6.07, 6.45) is 5.87. The monoisotopic (exact) mass is 453 g/mol. The second-order valence-electron chi connectivity index (χ2n) is 6.64. The zero-order chi connectivity index (χ0) is 23.1. The maximum absolute atomic E-state index is 10.7. The van der Waals surface area contributed by atoms with E-state index in [1.54, 1.807) is 0 Å². The zero-order valence-electron chi connectivity index (χ0n) is 16.6. The minimum absolute atomic E-state index is 0.685. The van der Waals surface area contributed by atoms with Gasteiger partial charge in [0.1, 0.15) is 0 Å². The van der Waals surface area contributed by atoms with Crippen LogP contribution < -0.4 is 11.1 Å². The molecular weight excluding hydrogens is 431 g/mol. The van der Waals surface area contributed by atoms with Crippen molar-refractivity contribution in [2.75, 3.05) is 5.73 Å². The van der Waals surface area contributed by atoms with Gasteiger partial charge >= 0.3 is 15.6 Å². The number of benzene rings is 2. The lowest BCUT2D eigenvalue weighted by Gasteiger charge is -2.04. The SMILES string of the molecule is Cn1ccc(=Nc2cccc(CCc3ccccc3)c2)c(N)c1.O=S(=O)(O)C(F)(F)F. The summed E-state index contributed by atoms with van der Waals surface area (Å²) in [5.41, 5.74) is 4.76. The normalized spacial score (nSPS) is 12.2. The van der Waals surface area contributed by atoms with Crippen LogP contribution in [0.25, 0.3) is 0 Å². The topological polar surface area (TPSA) is 97.7 Å². The van der Waals surface area contributed by atoms with Crippen molar-refractivity contribution < 1.29 is 26.1 Å². The van der Waals surface area contributed by atoms with Crippen molar-refractivity contribution in [3.63, 3.8) is 0 Å². The summed E-state index contributed by atoms with van der Waals surface area (Å²) in [5.74, 6) is 0. The van der Waals surface area contributed by atoms with Crippen LogP contribution in [-0.2, 0) is 30.0 Å². The first-order chi connectivity index (χ1) is 14.5. The molecule has 0 saturated heterocycles. The van der Waals surface area contributed by atoms with Crippen LogP contribution in [-0.4, -0.2) is 23.0 Å². The molecule has 0 bridgehead atoms. The number of hydrogen-bond donors (Lipinski definition) is 2. The first-order valence-corrected chi connectivity index (χ1v) is 10.5. The lowest BCUT2D eigenvalue weighted by Crippen LogP contribution is -2.21. The molecule has 0 atom stereocenters. The fourth-order valence-corrected chi connectivity index (χ4v) is 2.57. The number of aryl methyl sites for hydroxylation is 3. The number of halogens is 3. The standard InChI is InChI=1S/C20H21N3.CHF3O3S/c1-23-13-12-20(19(21)15-23)22-18-9-5-8-17(14-18)11-10-16-6-3-2-4-7-16;2-1(3,4)8(5,6)7/h2-9,12-15H,10-11,21H2,1H3;(H,5,6,7). The average molecular weight is 453 g/mol. The molecule has 2 aromatic carbocycles. The van der Waals surface area contributed by atoms with Gasteiger partial charge in [0.05, 0.1) is 16.7 Å². The van der Waals surface area contributed by atoms with Crippen LogP contribution in [0.15, 0.2) is 78.0 Å². The molecule has 0 aliphatic heterocycles. The molecule has 0 fully saturated rings. The van der Waals surface area contributed by atoms with Gasteiger partial charge in [-0.05, 0) is 42.2 Å². The molecular formula is C21H22F3N3O3S. The quantitative estimate of drug-likeness (QED) is 0.461. The molecule has 0 aliphatic rings. The van der Waals surface area contributed by atoms with Gasteiger partial charge in [0.15, 0.2) is 0 Å². The maximum Gasteiger partial charge on any atom is 0.522 e. The fraction of sp³-hybridized carbons (Fsp3) is 0.190. The molecule has 1 aromatic heterocycles. The number of nitrogens with zero attached hydrogens (tertiary/aromatic N) is 2. The molecule has 0 saturated carbocycles. The van der Waals surface area contributed by atoms with Crippen molar-refractivity contribution in [3.05, 3.63) is 89.5 Å². The third kappa shape index (κ3) is 7.91. The zero-order valence-corrected chi connectivity index (χ0v) is 17.4. The molecule has 166 valence electrons. The van der Waals surface area contributed by atoms with E-state index < -0.39 is 15.6 Å². The molecule has 31 heavy (non-hydrogen) atoms. The molecule has 3 N–H and O–H groups in total. The summed E-state index contributed by atoms with van der Waals surface area (Å²) in [4.78, 5) is 4.66. The summed E-state index contributed by atoms with van der Waals surface area (Å²) in [6.45, 7) is 0. The van der Waals surface area contributed by atoms with Crippen LogP contribution >= 0.6 is 0 Å². The van der Waals surface area contributed by atoms with E-state index in [-0.39, 0.29) is 0 Å². The molecule has 3 aromatic rings. The number of alkyl halides is 3.